The molecule has 0 aromatic carbocycles. The van der Waals surface area contributed by atoms with Gasteiger partial charge in [-0.2, -0.15) is 0 Å². The van der Waals surface area contributed by atoms with Crippen molar-refractivity contribution in [2.24, 2.45) is 11.3 Å². The smallest absolute Gasteiger partial charge is 0.493 e. The Balaban J connectivity index is 2.68. The zero-order valence-electron chi connectivity index (χ0n) is 11.7. The Morgan fingerprint density at radius 1 is 1.28 bits per heavy atom. The van der Waals surface area contributed by atoms with E-state index in [1.165, 1.54) is 18.5 Å². The SMILES string of the molecule is CC(OB(O)c1cncc(O)c1)C(C)C(C)(C)C. The van der Waals surface area contributed by atoms with Gasteiger partial charge in [0.15, 0.2) is 0 Å². The van der Waals surface area contributed by atoms with Crippen molar-refractivity contribution in [2.75, 3.05) is 0 Å². The molecule has 100 valence electrons. The molecule has 0 amide bonds. The molecule has 0 fully saturated rings. The van der Waals surface area contributed by atoms with Crippen LogP contribution in [0.5, 0.6) is 5.75 Å². The largest absolute Gasteiger partial charge is 0.506 e. The van der Waals surface area contributed by atoms with Crippen molar-refractivity contribution >= 4 is 12.6 Å². The first kappa shape index (κ1) is 15.0. The highest BCUT2D eigenvalue weighted by atomic mass is 16.5. The highest BCUT2D eigenvalue weighted by molar-refractivity contribution is 6.59. The average Bonchev–Trinajstić information content (AvgIpc) is 2.26. The summed E-state index contributed by atoms with van der Waals surface area (Å²) in [5, 5.41) is 19.3. The Morgan fingerprint density at radius 2 is 1.89 bits per heavy atom. The highest BCUT2D eigenvalue weighted by Gasteiger charge is 2.29. The lowest BCUT2D eigenvalue weighted by atomic mass is 9.76. The summed E-state index contributed by atoms with van der Waals surface area (Å²) in [5.41, 5.74) is 0.568. The number of nitrogens with zero attached hydrogens (tertiary/aromatic N) is 1. The van der Waals surface area contributed by atoms with Crippen LogP contribution in [-0.4, -0.2) is 28.3 Å². The molecule has 0 aliphatic carbocycles. The van der Waals surface area contributed by atoms with E-state index in [4.69, 9.17) is 4.65 Å². The lowest BCUT2D eigenvalue weighted by Crippen LogP contribution is -2.41. The fourth-order valence-electron chi connectivity index (χ4n) is 1.68. The van der Waals surface area contributed by atoms with E-state index in [0.717, 1.165) is 0 Å². The molecule has 2 atom stereocenters. The predicted octanol–water partition coefficient (Wildman–Crippen LogP) is 1.56. The zero-order chi connectivity index (χ0) is 13.9. The van der Waals surface area contributed by atoms with Crippen LogP contribution in [-0.2, 0) is 4.65 Å². The Kier molecular flexibility index (Phi) is 4.76. The van der Waals surface area contributed by atoms with Gasteiger partial charge in [-0.3, -0.25) is 4.98 Å². The van der Waals surface area contributed by atoms with Crippen molar-refractivity contribution in [3.63, 3.8) is 0 Å². The Morgan fingerprint density at radius 3 is 2.39 bits per heavy atom. The molecular weight excluding hydrogens is 229 g/mol. The van der Waals surface area contributed by atoms with Crippen molar-refractivity contribution < 1.29 is 14.8 Å². The van der Waals surface area contributed by atoms with Gasteiger partial charge in [0, 0.05) is 17.8 Å². The molecule has 0 aliphatic rings. The topological polar surface area (TPSA) is 62.6 Å². The first-order chi connectivity index (χ1) is 8.21. The van der Waals surface area contributed by atoms with Gasteiger partial charge in [0.2, 0.25) is 0 Å². The van der Waals surface area contributed by atoms with E-state index in [0.29, 0.717) is 5.46 Å². The van der Waals surface area contributed by atoms with Crippen LogP contribution in [0, 0.1) is 11.3 Å². The molecule has 0 aliphatic heterocycles. The standard InChI is InChI=1S/C13H22BNO3/c1-9(13(3,4)5)10(2)18-14(17)11-6-12(16)8-15-7-11/h6-10,16-17H,1-5H3. The molecular formula is C13H22BNO3. The van der Waals surface area contributed by atoms with Crippen molar-refractivity contribution in [3.8, 4) is 5.75 Å². The first-order valence-corrected chi connectivity index (χ1v) is 6.19. The molecule has 5 heteroatoms. The van der Waals surface area contributed by atoms with E-state index < -0.39 is 7.12 Å². The maximum Gasteiger partial charge on any atom is 0.493 e. The van der Waals surface area contributed by atoms with Gasteiger partial charge in [-0.15, -0.1) is 0 Å². The highest BCUT2D eigenvalue weighted by Crippen LogP contribution is 2.29. The van der Waals surface area contributed by atoms with Crippen molar-refractivity contribution in [1.82, 2.24) is 4.98 Å². The maximum atomic E-state index is 9.96. The molecule has 18 heavy (non-hydrogen) atoms. The van der Waals surface area contributed by atoms with E-state index in [9.17, 15) is 10.1 Å². The molecule has 2 N–H and O–H groups in total. The number of rotatable bonds is 4. The summed E-state index contributed by atoms with van der Waals surface area (Å²) in [7, 11) is -1.07. The molecule has 4 nitrogen and oxygen atoms in total. The molecule has 1 aromatic heterocycles. The number of pyridine rings is 1. The molecule has 0 radical (unpaired) electrons. The number of aromatic hydroxyl groups is 1. The lowest BCUT2D eigenvalue weighted by Gasteiger charge is -2.33. The van der Waals surface area contributed by atoms with Gasteiger partial charge in [0.05, 0.1) is 6.20 Å². The number of aromatic nitrogens is 1. The fourth-order valence-corrected chi connectivity index (χ4v) is 1.68. The minimum absolute atomic E-state index is 0.0201. The van der Waals surface area contributed by atoms with Crippen molar-refractivity contribution in [2.45, 2.75) is 40.7 Å². The van der Waals surface area contributed by atoms with Gasteiger partial charge in [0.1, 0.15) is 5.75 Å². The normalized spacial score (nSPS) is 15.2. The Labute approximate surface area is 109 Å². The van der Waals surface area contributed by atoms with Crippen LogP contribution in [0.1, 0.15) is 34.6 Å². The van der Waals surface area contributed by atoms with Crippen LogP contribution < -0.4 is 5.46 Å². The van der Waals surface area contributed by atoms with E-state index in [-0.39, 0.29) is 23.2 Å². The fraction of sp³-hybridized carbons (Fsp3) is 0.615. The first-order valence-electron chi connectivity index (χ1n) is 6.19. The van der Waals surface area contributed by atoms with E-state index in [1.807, 2.05) is 6.92 Å². The van der Waals surface area contributed by atoms with Crippen molar-refractivity contribution in [3.05, 3.63) is 18.5 Å². The summed E-state index contributed by atoms with van der Waals surface area (Å²) >= 11 is 0. The third kappa shape index (κ3) is 4.00. The number of hydrogen-bond donors (Lipinski definition) is 2. The van der Waals surface area contributed by atoms with Gasteiger partial charge in [-0.05, 0) is 24.3 Å². The summed E-state index contributed by atoms with van der Waals surface area (Å²) in [6.45, 7) is 10.5. The quantitative estimate of drug-likeness (QED) is 0.797. The number of hydrogen-bond acceptors (Lipinski definition) is 4. The van der Waals surface area contributed by atoms with Crippen LogP contribution in [0.4, 0.5) is 0 Å². The van der Waals surface area contributed by atoms with Crippen molar-refractivity contribution in [1.29, 1.82) is 0 Å². The molecule has 0 saturated carbocycles. The Hall–Kier alpha value is -1.07. The third-order valence-electron chi connectivity index (χ3n) is 3.44. The minimum Gasteiger partial charge on any atom is -0.506 e. The summed E-state index contributed by atoms with van der Waals surface area (Å²) < 4.78 is 5.58. The van der Waals surface area contributed by atoms with Crippen LogP contribution in [0.2, 0.25) is 0 Å². The lowest BCUT2D eigenvalue weighted by molar-refractivity contribution is 0.0740. The molecule has 1 heterocycles. The molecule has 0 spiro atoms. The average molecular weight is 251 g/mol. The summed E-state index contributed by atoms with van der Waals surface area (Å²) in [6.07, 6.45) is 2.71. The predicted molar refractivity (Wildman–Crippen MR) is 72.7 cm³/mol. The van der Waals surface area contributed by atoms with E-state index in [2.05, 4.69) is 32.7 Å². The molecule has 0 saturated heterocycles. The zero-order valence-corrected chi connectivity index (χ0v) is 11.7. The van der Waals surface area contributed by atoms with Gasteiger partial charge in [0.25, 0.3) is 0 Å². The maximum absolute atomic E-state index is 9.96. The minimum atomic E-state index is -1.07. The summed E-state index contributed by atoms with van der Waals surface area (Å²) in [5.74, 6) is 0.309. The molecule has 0 bridgehead atoms. The van der Waals surface area contributed by atoms with Crippen LogP contribution in [0.15, 0.2) is 18.5 Å². The molecule has 1 rings (SSSR count). The summed E-state index contributed by atoms with van der Waals surface area (Å²) in [4.78, 5) is 3.82. The van der Waals surface area contributed by atoms with Crippen LogP contribution >= 0.6 is 0 Å². The Bertz CT molecular complexity index is 392. The molecule has 2 unspecified atom stereocenters. The second kappa shape index (κ2) is 5.72. The monoisotopic (exact) mass is 251 g/mol. The van der Waals surface area contributed by atoms with Crippen LogP contribution in [0.25, 0.3) is 0 Å². The summed E-state index contributed by atoms with van der Waals surface area (Å²) in [6, 6.07) is 1.45. The van der Waals surface area contributed by atoms with E-state index in [1.54, 1.807) is 0 Å². The van der Waals surface area contributed by atoms with Crippen LogP contribution in [0.3, 0.4) is 0 Å². The van der Waals surface area contributed by atoms with Gasteiger partial charge < -0.3 is 14.8 Å². The van der Waals surface area contributed by atoms with Gasteiger partial charge in [-0.1, -0.05) is 27.7 Å². The van der Waals surface area contributed by atoms with Gasteiger partial charge >= 0.3 is 7.12 Å². The molecule has 1 aromatic rings. The third-order valence-corrected chi connectivity index (χ3v) is 3.44. The van der Waals surface area contributed by atoms with Gasteiger partial charge in [-0.25, -0.2) is 0 Å². The second-order valence-corrected chi connectivity index (χ2v) is 5.82. The second-order valence-electron chi connectivity index (χ2n) is 5.82. The van der Waals surface area contributed by atoms with E-state index >= 15 is 0 Å².